The highest BCUT2D eigenvalue weighted by molar-refractivity contribution is 7.90. The second kappa shape index (κ2) is 5.23. The monoisotopic (exact) mass is 256 g/mol. The molecule has 0 atom stereocenters. The van der Waals surface area contributed by atoms with Gasteiger partial charge in [0.1, 0.15) is 9.84 Å². The molecule has 0 spiro atoms. The van der Waals surface area contributed by atoms with Gasteiger partial charge in [0.15, 0.2) is 0 Å². The highest BCUT2D eigenvalue weighted by Crippen LogP contribution is 2.19. The zero-order valence-corrected chi connectivity index (χ0v) is 11.0. The molecule has 0 unspecified atom stereocenters. The van der Waals surface area contributed by atoms with Gasteiger partial charge in [0.25, 0.3) is 0 Å². The molecule has 5 heteroatoms. The van der Waals surface area contributed by atoms with Crippen molar-refractivity contribution in [1.29, 1.82) is 0 Å². The highest BCUT2D eigenvalue weighted by atomic mass is 32.2. The van der Waals surface area contributed by atoms with Gasteiger partial charge in [0.2, 0.25) is 0 Å². The second-order valence-electron chi connectivity index (χ2n) is 4.90. The average Bonchev–Trinajstić information content (AvgIpc) is 2.95. The van der Waals surface area contributed by atoms with Gasteiger partial charge in [-0.15, -0.1) is 0 Å². The Morgan fingerprint density at radius 2 is 2.24 bits per heavy atom. The van der Waals surface area contributed by atoms with Crippen molar-refractivity contribution in [3.8, 4) is 0 Å². The van der Waals surface area contributed by atoms with Crippen LogP contribution in [-0.4, -0.2) is 31.0 Å². The highest BCUT2D eigenvalue weighted by Gasteiger charge is 2.19. The SMILES string of the molecule is CS(=O)(=O)CCCn1ccc(CNC2CC2)c1. The van der Waals surface area contributed by atoms with Crippen LogP contribution in [0, 0.1) is 0 Å². The Morgan fingerprint density at radius 1 is 1.47 bits per heavy atom. The fraction of sp³-hybridized carbons (Fsp3) is 0.667. The molecule has 2 rings (SSSR count). The zero-order valence-electron chi connectivity index (χ0n) is 10.2. The molecule has 4 nitrogen and oxygen atoms in total. The molecule has 0 aliphatic heterocycles. The van der Waals surface area contributed by atoms with Crippen LogP contribution in [0.1, 0.15) is 24.8 Å². The molecule has 0 bridgehead atoms. The summed E-state index contributed by atoms with van der Waals surface area (Å²) < 4.78 is 24.0. The molecule has 0 saturated heterocycles. The van der Waals surface area contributed by atoms with Gasteiger partial charge in [-0.1, -0.05) is 0 Å². The van der Waals surface area contributed by atoms with Gasteiger partial charge in [-0.2, -0.15) is 0 Å². The van der Waals surface area contributed by atoms with E-state index in [1.54, 1.807) is 0 Å². The first-order valence-electron chi connectivity index (χ1n) is 6.09. The Labute approximate surface area is 103 Å². The summed E-state index contributed by atoms with van der Waals surface area (Å²) in [5.74, 6) is 0.265. The molecule has 96 valence electrons. The van der Waals surface area contributed by atoms with Crippen LogP contribution in [0.15, 0.2) is 18.5 Å². The molecule has 1 aromatic heterocycles. The number of rotatable bonds is 7. The van der Waals surface area contributed by atoms with Crippen molar-refractivity contribution in [3.63, 3.8) is 0 Å². The topological polar surface area (TPSA) is 51.1 Å². The van der Waals surface area contributed by atoms with Gasteiger partial charge >= 0.3 is 0 Å². The normalized spacial score (nSPS) is 16.3. The van der Waals surface area contributed by atoms with Crippen LogP contribution in [-0.2, 0) is 22.9 Å². The van der Waals surface area contributed by atoms with Gasteiger partial charge in [-0.05, 0) is 30.9 Å². The second-order valence-corrected chi connectivity index (χ2v) is 7.16. The lowest BCUT2D eigenvalue weighted by Crippen LogP contribution is -2.14. The van der Waals surface area contributed by atoms with Crippen LogP contribution in [0.25, 0.3) is 0 Å². The number of aryl methyl sites for hydroxylation is 1. The maximum atomic E-state index is 11.0. The fourth-order valence-electron chi connectivity index (χ4n) is 1.79. The van der Waals surface area contributed by atoms with Gasteiger partial charge in [0, 0.05) is 37.8 Å². The summed E-state index contributed by atoms with van der Waals surface area (Å²) >= 11 is 0. The number of nitrogens with zero attached hydrogens (tertiary/aromatic N) is 1. The van der Waals surface area contributed by atoms with E-state index in [4.69, 9.17) is 0 Å². The molecule has 1 N–H and O–H groups in total. The first kappa shape index (κ1) is 12.6. The zero-order chi connectivity index (χ0) is 12.3. The third-order valence-electron chi connectivity index (χ3n) is 2.92. The summed E-state index contributed by atoms with van der Waals surface area (Å²) in [6.07, 6.45) is 8.69. The third kappa shape index (κ3) is 4.91. The van der Waals surface area contributed by atoms with E-state index in [1.807, 2.05) is 6.20 Å². The maximum Gasteiger partial charge on any atom is 0.147 e. The van der Waals surface area contributed by atoms with E-state index in [2.05, 4.69) is 22.1 Å². The maximum absolute atomic E-state index is 11.0. The number of hydrogen-bond donors (Lipinski definition) is 1. The molecular formula is C12H20N2O2S. The molecule has 1 aliphatic rings. The van der Waals surface area contributed by atoms with Crippen LogP contribution in [0.2, 0.25) is 0 Å². The van der Waals surface area contributed by atoms with Gasteiger partial charge in [-0.25, -0.2) is 8.42 Å². The van der Waals surface area contributed by atoms with E-state index in [-0.39, 0.29) is 5.75 Å². The quantitative estimate of drug-likeness (QED) is 0.797. The Kier molecular flexibility index (Phi) is 3.89. The minimum Gasteiger partial charge on any atom is -0.354 e. The van der Waals surface area contributed by atoms with E-state index < -0.39 is 9.84 Å². The Morgan fingerprint density at radius 3 is 2.88 bits per heavy atom. The van der Waals surface area contributed by atoms with Crippen molar-refractivity contribution < 1.29 is 8.42 Å². The summed E-state index contributed by atoms with van der Waals surface area (Å²) in [7, 11) is -2.83. The van der Waals surface area contributed by atoms with Crippen molar-refractivity contribution in [2.75, 3.05) is 12.0 Å². The average molecular weight is 256 g/mol. The molecule has 1 heterocycles. The van der Waals surface area contributed by atoms with Gasteiger partial charge < -0.3 is 9.88 Å². The fourth-order valence-corrected chi connectivity index (χ4v) is 2.45. The van der Waals surface area contributed by atoms with Crippen molar-refractivity contribution in [2.45, 2.75) is 38.4 Å². The molecule has 0 aromatic carbocycles. The third-order valence-corrected chi connectivity index (χ3v) is 3.95. The van der Waals surface area contributed by atoms with E-state index in [1.165, 1.54) is 24.7 Å². The van der Waals surface area contributed by atoms with Crippen LogP contribution < -0.4 is 5.32 Å². The van der Waals surface area contributed by atoms with Gasteiger partial charge in [0.05, 0.1) is 5.75 Å². The van der Waals surface area contributed by atoms with Crippen molar-refractivity contribution >= 4 is 9.84 Å². The largest absolute Gasteiger partial charge is 0.354 e. The van der Waals surface area contributed by atoms with Crippen molar-refractivity contribution in [3.05, 3.63) is 24.0 Å². The minimum absolute atomic E-state index is 0.265. The number of aromatic nitrogens is 1. The minimum atomic E-state index is -2.83. The molecule has 1 fully saturated rings. The molecule has 17 heavy (non-hydrogen) atoms. The summed E-state index contributed by atoms with van der Waals surface area (Å²) in [5.41, 5.74) is 1.27. The van der Waals surface area contributed by atoms with Crippen LogP contribution in [0.4, 0.5) is 0 Å². The Balaban J connectivity index is 1.73. The first-order valence-corrected chi connectivity index (χ1v) is 8.15. The summed E-state index contributed by atoms with van der Waals surface area (Å²) in [6.45, 7) is 1.69. The van der Waals surface area contributed by atoms with E-state index in [0.29, 0.717) is 6.42 Å². The Hall–Kier alpha value is -0.810. The van der Waals surface area contributed by atoms with Gasteiger partial charge in [-0.3, -0.25) is 0 Å². The van der Waals surface area contributed by atoms with Crippen LogP contribution in [0.5, 0.6) is 0 Å². The van der Waals surface area contributed by atoms with E-state index >= 15 is 0 Å². The molecule has 0 radical (unpaired) electrons. The van der Waals surface area contributed by atoms with E-state index in [0.717, 1.165) is 19.1 Å². The molecule has 0 amide bonds. The summed E-state index contributed by atoms with van der Waals surface area (Å²) in [6, 6.07) is 2.82. The first-order chi connectivity index (χ1) is 8.03. The summed E-state index contributed by atoms with van der Waals surface area (Å²) in [5, 5.41) is 3.46. The predicted molar refractivity (Wildman–Crippen MR) is 68.6 cm³/mol. The lowest BCUT2D eigenvalue weighted by atomic mass is 10.3. The van der Waals surface area contributed by atoms with Crippen LogP contribution in [0.3, 0.4) is 0 Å². The molecule has 1 aromatic rings. The number of sulfone groups is 1. The van der Waals surface area contributed by atoms with Crippen molar-refractivity contribution in [1.82, 2.24) is 9.88 Å². The summed E-state index contributed by atoms with van der Waals surface area (Å²) in [4.78, 5) is 0. The standard InChI is InChI=1S/C12H20N2O2S/c1-17(15,16)8-2-6-14-7-5-11(10-14)9-13-12-3-4-12/h5,7,10,12-13H,2-4,6,8-9H2,1H3. The van der Waals surface area contributed by atoms with E-state index in [9.17, 15) is 8.42 Å². The molecule has 1 saturated carbocycles. The van der Waals surface area contributed by atoms with Crippen molar-refractivity contribution in [2.24, 2.45) is 0 Å². The molecule has 1 aliphatic carbocycles. The Bertz CT molecular complexity index is 461. The lowest BCUT2D eigenvalue weighted by molar-refractivity contribution is 0.592. The number of hydrogen-bond acceptors (Lipinski definition) is 3. The lowest BCUT2D eigenvalue weighted by Gasteiger charge is -2.02. The molecular weight excluding hydrogens is 236 g/mol. The van der Waals surface area contributed by atoms with Crippen LogP contribution >= 0.6 is 0 Å². The number of nitrogens with one attached hydrogen (secondary N) is 1. The smallest absolute Gasteiger partial charge is 0.147 e. The predicted octanol–water partition coefficient (Wildman–Crippen LogP) is 1.17.